The Hall–Kier alpha value is -2.26. The second-order valence-electron chi connectivity index (χ2n) is 4.57. The molecule has 0 bridgehead atoms. The van der Waals surface area contributed by atoms with Crippen LogP contribution in [-0.4, -0.2) is 6.03 Å². The molecule has 2 amide bonds. The minimum Gasteiger partial charge on any atom is -0.327 e. The van der Waals surface area contributed by atoms with Crippen LogP contribution in [0.15, 0.2) is 60.7 Å². The lowest BCUT2D eigenvalue weighted by Gasteiger charge is -2.24. The Morgan fingerprint density at radius 3 is 2.35 bits per heavy atom. The Labute approximate surface area is 122 Å². The minimum absolute atomic E-state index is 0.156. The van der Waals surface area contributed by atoms with Crippen molar-refractivity contribution in [2.24, 2.45) is 0 Å². The molecule has 2 N–H and O–H groups in total. The summed E-state index contributed by atoms with van der Waals surface area (Å²) in [5.41, 5.74) is 2.80. The van der Waals surface area contributed by atoms with E-state index in [2.05, 4.69) is 10.6 Å². The SMILES string of the molecule is O=C1NC(c2ccccc2)=CC(c2ccc(Cl)cc2)N1. The van der Waals surface area contributed by atoms with Gasteiger partial charge in [0.05, 0.1) is 6.04 Å². The molecule has 3 rings (SSSR count). The zero-order valence-corrected chi connectivity index (χ0v) is 11.4. The van der Waals surface area contributed by atoms with Gasteiger partial charge in [-0.1, -0.05) is 54.1 Å². The van der Waals surface area contributed by atoms with Crippen molar-refractivity contribution in [2.45, 2.75) is 6.04 Å². The predicted octanol–water partition coefficient (Wildman–Crippen LogP) is 3.74. The third-order valence-corrected chi connectivity index (χ3v) is 3.43. The molecule has 0 aromatic heterocycles. The van der Waals surface area contributed by atoms with E-state index in [0.29, 0.717) is 5.02 Å². The standard InChI is InChI=1S/C16H13ClN2O/c17-13-8-6-12(7-9-13)15-10-14(18-16(20)19-15)11-4-2-1-3-5-11/h1-10,15H,(H2,18,19,20). The first-order chi connectivity index (χ1) is 9.72. The summed E-state index contributed by atoms with van der Waals surface area (Å²) in [5, 5.41) is 6.39. The molecule has 0 spiro atoms. The molecule has 20 heavy (non-hydrogen) atoms. The van der Waals surface area contributed by atoms with E-state index in [4.69, 9.17) is 11.6 Å². The van der Waals surface area contributed by atoms with E-state index < -0.39 is 0 Å². The molecule has 0 aliphatic carbocycles. The fourth-order valence-corrected chi connectivity index (χ4v) is 2.31. The summed E-state index contributed by atoms with van der Waals surface area (Å²) in [6.07, 6.45) is 2.00. The molecule has 1 heterocycles. The number of hydrogen-bond acceptors (Lipinski definition) is 1. The van der Waals surface area contributed by atoms with Crippen molar-refractivity contribution in [1.29, 1.82) is 0 Å². The van der Waals surface area contributed by atoms with Gasteiger partial charge >= 0.3 is 6.03 Å². The van der Waals surface area contributed by atoms with E-state index in [1.165, 1.54) is 0 Å². The number of carbonyl (C=O) groups excluding carboxylic acids is 1. The lowest BCUT2D eigenvalue weighted by Crippen LogP contribution is -2.40. The summed E-state index contributed by atoms with van der Waals surface area (Å²) in [7, 11) is 0. The van der Waals surface area contributed by atoms with E-state index in [0.717, 1.165) is 16.8 Å². The average Bonchev–Trinajstić information content (AvgIpc) is 2.48. The summed E-state index contributed by atoms with van der Waals surface area (Å²) in [4.78, 5) is 11.8. The van der Waals surface area contributed by atoms with Crippen molar-refractivity contribution in [3.63, 3.8) is 0 Å². The Balaban J connectivity index is 1.95. The number of rotatable bonds is 2. The molecule has 1 atom stereocenters. The molecular weight excluding hydrogens is 272 g/mol. The number of halogens is 1. The van der Waals surface area contributed by atoms with Gasteiger partial charge in [-0.25, -0.2) is 4.79 Å². The fourth-order valence-electron chi connectivity index (χ4n) is 2.19. The van der Waals surface area contributed by atoms with E-state index >= 15 is 0 Å². The van der Waals surface area contributed by atoms with Crippen LogP contribution >= 0.6 is 11.6 Å². The van der Waals surface area contributed by atoms with Crippen LogP contribution in [0, 0.1) is 0 Å². The van der Waals surface area contributed by atoms with Gasteiger partial charge in [-0.05, 0) is 29.3 Å². The highest BCUT2D eigenvalue weighted by Gasteiger charge is 2.20. The van der Waals surface area contributed by atoms with E-state index in [-0.39, 0.29) is 12.1 Å². The molecular formula is C16H13ClN2O. The van der Waals surface area contributed by atoms with Crippen molar-refractivity contribution in [2.75, 3.05) is 0 Å². The number of benzene rings is 2. The van der Waals surface area contributed by atoms with Gasteiger partial charge in [0.15, 0.2) is 0 Å². The topological polar surface area (TPSA) is 41.1 Å². The van der Waals surface area contributed by atoms with Gasteiger partial charge in [-0.15, -0.1) is 0 Å². The fraction of sp³-hybridized carbons (Fsp3) is 0.0625. The first-order valence-corrected chi connectivity index (χ1v) is 6.70. The lowest BCUT2D eigenvalue weighted by molar-refractivity contribution is 0.241. The van der Waals surface area contributed by atoms with Crippen LogP contribution < -0.4 is 10.6 Å². The molecule has 0 fully saturated rings. The van der Waals surface area contributed by atoms with Gasteiger partial charge in [0.25, 0.3) is 0 Å². The maximum atomic E-state index is 11.8. The number of carbonyl (C=O) groups is 1. The molecule has 2 aromatic rings. The van der Waals surface area contributed by atoms with Gasteiger partial charge in [0, 0.05) is 10.7 Å². The van der Waals surface area contributed by atoms with Crippen molar-refractivity contribution in [1.82, 2.24) is 10.6 Å². The number of amides is 2. The van der Waals surface area contributed by atoms with Crippen LogP contribution in [0.25, 0.3) is 5.70 Å². The molecule has 0 saturated heterocycles. The summed E-state index contributed by atoms with van der Waals surface area (Å²) >= 11 is 5.89. The van der Waals surface area contributed by atoms with Gasteiger partial charge in [0.1, 0.15) is 0 Å². The zero-order chi connectivity index (χ0) is 13.9. The van der Waals surface area contributed by atoms with E-state index in [1.807, 2.05) is 60.7 Å². The van der Waals surface area contributed by atoms with Crippen molar-refractivity contribution in [3.05, 3.63) is 76.8 Å². The average molecular weight is 285 g/mol. The van der Waals surface area contributed by atoms with Crippen molar-refractivity contribution in [3.8, 4) is 0 Å². The van der Waals surface area contributed by atoms with Crippen LogP contribution in [0.4, 0.5) is 4.79 Å². The highest BCUT2D eigenvalue weighted by atomic mass is 35.5. The van der Waals surface area contributed by atoms with Crippen molar-refractivity contribution >= 4 is 23.3 Å². The maximum Gasteiger partial charge on any atom is 0.319 e. The van der Waals surface area contributed by atoms with Crippen molar-refractivity contribution < 1.29 is 4.79 Å². The maximum absolute atomic E-state index is 11.8. The number of urea groups is 1. The molecule has 1 unspecified atom stereocenters. The van der Waals surface area contributed by atoms with Gasteiger partial charge in [-0.2, -0.15) is 0 Å². The molecule has 0 saturated carbocycles. The van der Waals surface area contributed by atoms with Crippen LogP contribution in [-0.2, 0) is 0 Å². The molecule has 1 aliphatic rings. The molecule has 0 radical (unpaired) electrons. The van der Waals surface area contributed by atoms with Crippen LogP contribution in [0.3, 0.4) is 0 Å². The Bertz CT molecular complexity index is 650. The third kappa shape index (κ3) is 2.68. The normalized spacial score (nSPS) is 17.9. The second kappa shape index (κ2) is 5.39. The van der Waals surface area contributed by atoms with E-state index in [9.17, 15) is 4.79 Å². The molecule has 3 nitrogen and oxygen atoms in total. The molecule has 4 heteroatoms. The largest absolute Gasteiger partial charge is 0.327 e. The summed E-state index contributed by atoms with van der Waals surface area (Å²) in [5.74, 6) is 0. The Morgan fingerprint density at radius 1 is 0.950 bits per heavy atom. The Morgan fingerprint density at radius 2 is 1.65 bits per heavy atom. The first-order valence-electron chi connectivity index (χ1n) is 6.32. The second-order valence-corrected chi connectivity index (χ2v) is 5.01. The van der Waals surface area contributed by atoms with E-state index in [1.54, 1.807) is 0 Å². The van der Waals surface area contributed by atoms with Crippen LogP contribution in [0.5, 0.6) is 0 Å². The zero-order valence-electron chi connectivity index (χ0n) is 10.6. The van der Waals surface area contributed by atoms with Crippen LogP contribution in [0.2, 0.25) is 5.02 Å². The summed E-state index contributed by atoms with van der Waals surface area (Å²) < 4.78 is 0. The lowest BCUT2D eigenvalue weighted by atomic mass is 10.0. The molecule has 1 aliphatic heterocycles. The monoisotopic (exact) mass is 284 g/mol. The number of hydrogen-bond donors (Lipinski definition) is 2. The molecule has 2 aromatic carbocycles. The quantitative estimate of drug-likeness (QED) is 0.867. The Kier molecular flexibility index (Phi) is 3.44. The smallest absolute Gasteiger partial charge is 0.319 e. The highest BCUT2D eigenvalue weighted by molar-refractivity contribution is 6.30. The third-order valence-electron chi connectivity index (χ3n) is 3.18. The van der Waals surface area contributed by atoms with Gasteiger partial charge in [-0.3, -0.25) is 0 Å². The highest BCUT2D eigenvalue weighted by Crippen LogP contribution is 2.24. The molecule has 100 valence electrons. The summed E-state index contributed by atoms with van der Waals surface area (Å²) in [6, 6.07) is 16.9. The summed E-state index contributed by atoms with van der Waals surface area (Å²) in [6.45, 7) is 0. The minimum atomic E-state index is -0.202. The van der Waals surface area contributed by atoms with Crippen LogP contribution in [0.1, 0.15) is 17.2 Å². The van der Waals surface area contributed by atoms with Gasteiger partial charge in [0.2, 0.25) is 0 Å². The number of nitrogens with one attached hydrogen (secondary N) is 2. The predicted molar refractivity (Wildman–Crippen MR) is 80.3 cm³/mol. The van der Waals surface area contributed by atoms with Gasteiger partial charge < -0.3 is 10.6 Å². The first kappa shape index (κ1) is 12.8.